The maximum absolute atomic E-state index is 11.9. The molecule has 2 aliphatic heterocycles. The van der Waals surface area contributed by atoms with Crippen LogP contribution in [0.1, 0.15) is 16.7 Å². The molecular weight excluding hydrogens is 326 g/mol. The van der Waals surface area contributed by atoms with Gasteiger partial charge in [0, 0.05) is 68.5 Å². The highest BCUT2D eigenvalue weighted by atomic mass is 32.1. The van der Waals surface area contributed by atoms with E-state index in [1.165, 1.54) is 16.7 Å². The number of aliphatic carboxylic acids is 1. The maximum Gasteiger partial charge on any atom is 0.309 e. The summed E-state index contributed by atoms with van der Waals surface area (Å²) in [5.74, 6) is -1.34. The highest BCUT2D eigenvalue weighted by molar-refractivity contribution is 7.11. The molecule has 3 rings (SSSR count). The van der Waals surface area contributed by atoms with E-state index in [0.29, 0.717) is 19.6 Å². The van der Waals surface area contributed by atoms with E-state index >= 15 is 0 Å². The van der Waals surface area contributed by atoms with Gasteiger partial charge in [-0.15, -0.1) is 11.3 Å². The fourth-order valence-corrected chi connectivity index (χ4v) is 4.59. The Morgan fingerprint density at radius 3 is 2.62 bits per heavy atom. The Labute approximate surface area is 146 Å². The third kappa shape index (κ3) is 3.96. The number of carboxylic acids is 1. The molecule has 6 nitrogen and oxygen atoms in total. The van der Waals surface area contributed by atoms with Crippen LogP contribution in [0.5, 0.6) is 0 Å². The first kappa shape index (κ1) is 17.4. The van der Waals surface area contributed by atoms with Crippen molar-refractivity contribution in [2.45, 2.75) is 26.4 Å². The first-order valence-corrected chi connectivity index (χ1v) is 9.24. The summed E-state index contributed by atoms with van der Waals surface area (Å²) in [5, 5.41) is 9.43. The second kappa shape index (κ2) is 7.21. The molecule has 0 saturated carbocycles. The molecule has 2 fully saturated rings. The summed E-state index contributed by atoms with van der Waals surface area (Å²) < 4.78 is 0. The summed E-state index contributed by atoms with van der Waals surface area (Å²) in [4.78, 5) is 32.4. The summed E-state index contributed by atoms with van der Waals surface area (Å²) in [6.07, 6.45) is 0. The predicted molar refractivity (Wildman–Crippen MR) is 93.1 cm³/mol. The molecule has 0 unspecified atom stereocenters. The maximum atomic E-state index is 11.9. The third-order valence-corrected chi connectivity index (χ3v) is 5.97. The molecule has 0 spiro atoms. The minimum atomic E-state index is -0.807. The summed E-state index contributed by atoms with van der Waals surface area (Å²) >= 11 is 1.83. The van der Waals surface area contributed by atoms with Gasteiger partial charge in [0.25, 0.3) is 0 Å². The summed E-state index contributed by atoms with van der Waals surface area (Å²) in [7, 11) is 0. The van der Waals surface area contributed by atoms with Crippen molar-refractivity contribution >= 4 is 23.2 Å². The second-order valence-corrected chi connectivity index (χ2v) is 8.23. The smallest absolute Gasteiger partial charge is 0.309 e. The van der Waals surface area contributed by atoms with Gasteiger partial charge in [0.15, 0.2) is 0 Å². The van der Waals surface area contributed by atoms with E-state index in [9.17, 15) is 14.7 Å². The quantitative estimate of drug-likeness (QED) is 0.884. The Balaban J connectivity index is 1.69. The molecular formula is C17H25N3O3S. The first-order valence-electron chi connectivity index (χ1n) is 8.42. The van der Waals surface area contributed by atoms with Crippen LogP contribution >= 0.6 is 11.3 Å². The van der Waals surface area contributed by atoms with Crippen molar-refractivity contribution in [1.29, 1.82) is 0 Å². The molecule has 2 aliphatic rings. The number of piperazine rings is 1. The molecule has 1 aromatic heterocycles. The Morgan fingerprint density at radius 2 is 2.00 bits per heavy atom. The van der Waals surface area contributed by atoms with Crippen LogP contribution in [0.2, 0.25) is 0 Å². The first-order chi connectivity index (χ1) is 11.4. The van der Waals surface area contributed by atoms with Crippen LogP contribution < -0.4 is 0 Å². The average Bonchev–Trinajstić information content (AvgIpc) is 2.82. The van der Waals surface area contributed by atoms with E-state index < -0.39 is 11.9 Å². The number of carbonyl (C=O) groups is 2. The number of carboxylic acid groups (broad SMARTS) is 1. The van der Waals surface area contributed by atoms with Crippen molar-refractivity contribution in [2.75, 3.05) is 39.3 Å². The number of fused-ring (bicyclic) bond motifs is 1. The zero-order valence-electron chi connectivity index (χ0n) is 14.3. The van der Waals surface area contributed by atoms with Crippen molar-refractivity contribution in [3.8, 4) is 0 Å². The number of carbonyl (C=O) groups excluding carboxylic acids is 1. The lowest BCUT2D eigenvalue weighted by molar-refractivity contribution is -0.143. The van der Waals surface area contributed by atoms with E-state index in [1.54, 1.807) is 4.90 Å². The van der Waals surface area contributed by atoms with E-state index in [0.717, 1.165) is 26.2 Å². The lowest BCUT2D eigenvalue weighted by atomic mass is 10.1. The predicted octanol–water partition coefficient (Wildman–Crippen LogP) is 1.11. The number of amides is 1. The largest absolute Gasteiger partial charge is 0.481 e. The molecule has 2 atom stereocenters. The molecule has 0 aliphatic carbocycles. The van der Waals surface area contributed by atoms with Crippen molar-refractivity contribution < 1.29 is 14.7 Å². The molecule has 1 N–H and O–H groups in total. The highest BCUT2D eigenvalue weighted by Gasteiger charge is 2.37. The summed E-state index contributed by atoms with van der Waals surface area (Å²) in [5.41, 5.74) is 0. The zero-order valence-corrected chi connectivity index (χ0v) is 15.1. The monoisotopic (exact) mass is 351 g/mol. The number of thiophene rings is 1. The molecule has 3 heterocycles. The van der Waals surface area contributed by atoms with Crippen LogP contribution in [0.25, 0.3) is 0 Å². The zero-order chi connectivity index (χ0) is 17.3. The molecule has 24 heavy (non-hydrogen) atoms. The molecule has 1 aromatic rings. The van der Waals surface area contributed by atoms with Gasteiger partial charge in [-0.1, -0.05) is 0 Å². The Bertz CT molecular complexity index is 618. The van der Waals surface area contributed by atoms with Gasteiger partial charge in [0.1, 0.15) is 0 Å². The summed E-state index contributed by atoms with van der Waals surface area (Å²) in [6.45, 7) is 8.76. The lowest BCUT2D eigenvalue weighted by Gasteiger charge is -2.41. The fourth-order valence-electron chi connectivity index (χ4n) is 3.65. The molecule has 7 heteroatoms. The topological polar surface area (TPSA) is 64.1 Å². The third-order valence-electron chi connectivity index (χ3n) is 4.99. The summed E-state index contributed by atoms with van der Waals surface area (Å²) in [6, 6.07) is 4.55. The number of aryl methyl sites for hydroxylation is 1. The van der Waals surface area contributed by atoms with Crippen molar-refractivity contribution in [3.05, 3.63) is 21.9 Å². The van der Waals surface area contributed by atoms with E-state index in [-0.39, 0.29) is 11.9 Å². The van der Waals surface area contributed by atoms with Gasteiger partial charge >= 0.3 is 5.97 Å². The van der Waals surface area contributed by atoms with Gasteiger partial charge in [-0.25, -0.2) is 0 Å². The molecule has 0 radical (unpaired) electrons. The number of hydrogen-bond donors (Lipinski definition) is 1. The molecule has 0 aromatic carbocycles. The van der Waals surface area contributed by atoms with Crippen LogP contribution in [-0.4, -0.2) is 77.0 Å². The fraction of sp³-hybridized carbons (Fsp3) is 0.647. The van der Waals surface area contributed by atoms with Crippen molar-refractivity contribution in [3.63, 3.8) is 0 Å². The minimum absolute atomic E-state index is 0.0332. The Morgan fingerprint density at radius 1 is 1.21 bits per heavy atom. The average molecular weight is 351 g/mol. The van der Waals surface area contributed by atoms with Crippen LogP contribution in [0.4, 0.5) is 0 Å². The lowest BCUT2D eigenvalue weighted by Crippen LogP contribution is -2.55. The van der Waals surface area contributed by atoms with E-state index in [1.807, 2.05) is 11.3 Å². The van der Waals surface area contributed by atoms with Crippen LogP contribution in [0.15, 0.2) is 12.1 Å². The Kier molecular flexibility index (Phi) is 5.22. The van der Waals surface area contributed by atoms with Crippen molar-refractivity contribution in [1.82, 2.24) is 14.7 Å². The number of rotatable bonds is 3. The normalized spacial score (nSPS) is 26.0. The van der Waals surface area contributed by atoms with Gasteiger partial charge in [-0.2, -0.15) is 0 Å². The molecule has 132 valence electrons. The van der Waals surface area contributed by atoms with Crippen molar-refractivity contribution in [2.24, 2.45) is 5.92 Å². The van der Waals surface area contributed by atoms with E-state index in [4.69, 9.17) is 0 Å². The van der Waals surface area contributed by atoms with Crippen LogP contribution in [0.3, 0.4) is 0 Å². The number of hydrogen-bond acceptors (Lipinski definition) is 5. The van der Waals surface area contributed by atoms with Crippen LogP contribution in [0, 0.1) is 12.8 Å². The van der Waals surface area contributed by atoms with Crippen LogP contribution in [-0.2, 0) is 16.1 Å². The SMILES string of the molecule is CC(=O)N1C[C@@H](C(=O)O)CN2CCN(Cc3ccc(C)s3)C[C@H]2C1. The standard InChI is InChI=1S/C17H25N3O3S/c1-12-3-4-16(24-12)11-18-5-6-19-7-14(17(22)23)8-20(13(2)21)10-15(19)9-18/h3-4,14-15H,5-11H2,1-2H3,(H,22,23)/t14-,15-/m0/s1. The minimum Gasteiger partial charge on any atom is -0.481 e. The van der Waals surface area contributed by atoms with E-state index in [2.05, 4.69) is 28.9 Å². The molecule has 0 bridgehead atoms. The van der Waals surface area contributed by atoms with Gasteiger partial charge in [0.2, 0.25) is 5.91 Å². The van der Waals surface area contributed by atoms with Gasteiger partial charge < -0.3 is 10.0 Å². The molecule has 2 saturated heterocycles. The molecule has 1 amide bonds. The van der Waals surface area contributed by atoms with Gasteiger partial charge in [0.05, 0.1) is 5.92 Å². The highest BCUT2D eigenvalue weighted by Crippen LogP contribution is 2.22. The number of nitrogens with zero attached hydrogens (tertiary/aromatic N) is 3. The second-order valence-electron chi connectivity index (χ2n) is 6.86. The van der Waals surface area contributed by atoms with Gasteiger partial charge in [-0.05, 0) is 19.1 Å². The van der Waals surface area contributed by atoms with Gasteiger partial charge in [-0.3, -0.25) is 19.4 Å². The Hall–Kier alpha value is -1.44.